The van der Waals surface area contributed by atoms with Crippen LogP contribution in [0.5, 0.6) is 0 Å². The van der Waals surface area contributed by atoms with E-state index in [4.69, 9.17) is 4.98 Å². The Morgan fingerprint density at radius 1 is 0.812 bits per heavy atom. The molecule has 0 saturated heterocycles. The zero-order valence-electron chi connectivity index (χ0n) is 19.6. The van der Waals surface area contributed by atoms with E-state index in [2.05, 4.69) is 101 Å². The molecule has 1 spiro atoms. The van der Waals surface area contributed by atoms with Gasteiger partial charge in [0.1, 0.15) is 0 Å². The van der Waals surface area contributed by atoms with Gasteiger partial charge in [0.2, 0.25) is 0 Å². The van der Waals surface area contributed by atoms with Crippen molar-refractivity contribution in [3.63, 3.8) is 0 Å². The molecule has 1 heterocycles. The van der Waals surface area contributed by atoms with E-state index in [9.17, 15) is 0 Å². The zero-order valence-corrected chi connectivity index (χ0v) is 19.6. The SMILES string of the molecule is CCC1=C(C)c2nccc3cc(C(C)(C)C)cc(c23)C12c1ccccc1-c1ccccc12. The molecule has 0 N–H and O–H groups in total. The Balaban J connectivity index is 1.89. The monoisotopic (exact) mass is 415 g/mol. The predicted molar refractivity (Wildman–Crippen MR) is 135 cm³/mol. The fourth-order valence-corrected chi connectivity index (χ4v) is 6.30. The van der Waals surface area contributed by atoms with Gasteiger partial charge < -0.3 is 0 Å². The molecule has 0 unspecified atom stereocenters. The molecule has 2 aliphatic rings. The quantitative estimate of drug-likeness (QED) is 0.306. The maximum atomic E-state index is 4.92. The largest absolute Gasteiger partial charge is 0.256 e. The highest BCUT2D eigenvalue weighted by Gasteiger charge is 2.50. The highest BCUT2D eigenvalue weighted by molar-refractivity contribution is 6.03. The van der Waals surface area contributed by atoms with Crippen molar-refractivity contribution in [2.24, 2.45) is 0 Å². The van der Waals surface area contributed by atoms with Crippen LogP contribution in [0.3, 0.4) is 0 Å². The van der Waals surface area contributed by atoms with Gasteiger partial charge in [0, 0.05) is 11.6 Å². The fraction of sp³-hybridized carbons (Fsp3) is 0.258. The van der Waals surface area contributed by atoms with Crippen LogP contribution in [0.1, 0.15) is 69.0 Å². The van der Waals surface area contributed by atoms with Crippen LogP contribution in [-0.4, -0.2) is 4.98 Å². The molecule has 0 atom stereocenters. The normalized spacial score (nSPS) is 15.9. The van der Waals surface area contributed by atoms with Crippen LogP contribution < -0.4 is 0 Å². The molecule has 0 aliphatic heterocycles. The van der Waals surface area contributed by atoms with Crippen molar-refractivity contribution < 1.29 is 0 Å². The lowest BCUT2D eigenvalue weighted by atomic mass is 9.60. The van der Waals surface area contributed by atoms with Crippen molar-refractivity contribution in [2.45, 2.75) is 51.9 Å². The van der Waals surface area contributed by atoms with Crippen LogP contribution in [0.25, 0.3) is 27.5 Å². The molecule has 0 bridgehead atoms. The van der Waals surface area contributed by atoms with E-state index >= 15 is 0 Å². The molecule has 1 heteroatoms. The second kappa shape index (κ2) is 6.42. The second-order valence-electron chi connectivity index (χ2n) is 10.3. The van der Waals surface area contributed by atoms with Crippen molar-refractivity contribution in [1.82, 2.24) is 4.98 Å². The van der Waals surface area contributed by atoms with Crippen molar-refractivity contribution in [1.29, 1.82) is 0 Å². The summed E-state index contributed by atoms with van der Waals surface area (Å²) in [6, 6.07) is 25.2. The standard InChI is InChI=1S/C31H29N/c1-6-24-19(2)29-28-20(15-16-32-29)17-21(30(3,4)5)18-27(28)31(24)25-13-9-7-11-22(25)23-12-8-10-14-26(23)31/h7-18H,6H2,1-5H3. The van der Waals surface area contributed by atoms with Gasteiger partial charge in [-0.25, -0.2) is 0 Å². The van der Waals surface area contributed by atoms with Crippen LogP contribution in [0.4, 0.5) is 0 Å². The summed E-state index contributed by atoms with van der Waals surface area (Å²) in [4.78, 5) is 4.92. The fourth-order valence-electron chi connectivity index (χ4n) is 6.30. The van der Waals surface area contributed by atoms with Gasteiger partial charge in [0.25, 0.3) is 0 Å². The third kappa shape index (κ3) is 2.26. The summed E-state index contributed by atoms with van der Waals surface area (Å²) >= 11 is 0. The Morgan fingerprint density at radius 2 is 1.44 bits per heavy atom. The molecular formula is C31H29N. The Labute approximate surface area is 190 Å². The van der Waals surface area contributed by atoms with Crippen LogP contribution in [-0.2, 0) is 10.8 Å². The molecule has 0 amide bonds. The number of nitrogens with zero attached hydrogens (tertiary/aromatic N) is 1. The highest BCUT2D eigenvalue weighted by Crippen LogP contribution is 2.61. The van der Waals surface area contributed by atoms with Gasteiger partial charge in [-0.1, -0.05) is 88.4 Å². The minimum atomic E-state index is -0.262. The number of allylic oxidation sites excluding steroid dienone is 2. The van der Waals surface area contributed by atoms with E-state index < -0.39 is 0 Å². The summed E-state index contributed by atoms with van der Waals surface area (Å²) in [6.07, 6.45) is 2.98. The summed E-state index contributed by atoms with van der Waals surface area (Å²) < 4.78 is 0. The molecule has 6 rings (SSSR count). The molecule has 1 aromatic heterocycles. The summed E-state index contributed by atoms with van der Waals surface area (Å²) in [5.74, 6) is 0. The van der Waals surface area contributed by atoms with E-state index in [1.165, 1.54) is 55.3 Å². The summed E-state index contributed by atoms with van der Waals surface area (Å²) in [7, 11) is 0. The third-order valence-corrected chi connectivity index (χ3v) is 7.70. The Hall–Kier alpha value is -3.19. The minimum absolute atomic E-state index is 0.0650. The van der Waals surface area contributed by atoms with Crippen molar-refractivity contribution in [3.05, 3.63) is 106 Å². The molecule has 158 valence electrons. The Bertz CT molecular complexity index is 1400. The third-order valence-electron chi connectivity index (χ3n) is 7.70. The molecule has 1 nitrogen and oxygen atoms in total. The van der Waals surface area contributed by atoms with Crippen molar-refractivity contribution >= 4 is 16.3 Å². The van der Waals surface area contributed by atoms with E-state index in [0.717, 1.165) is 12.1 Å². The molecule has 32 heavy (non-hydrogen) atoms. The number of rotatable bonds is 1. The minimum Gasteiger partial charge on any atom is -0.256 e. The maximum absolute atomic E-state index is 4.92. The molecule has 0 radical (unpaired) electrons. The maximum Gasteiger partial charge on any atom is 0.0740 e. The lowest BCUT2D eigenvalue weighted by Crippen LogP contribution is -2.33. The number of hydrogen-bond donors (Lipinski definition) is 0. The lowest BCUT2D eigenvalue weighted by molar-refractivity contribution is 0.588. The first kappa shape index (κ1) is 19.5. The first-order valence-electron chi connectivity index (χ1n) is 11.7. The zero-order chi connectivity index (χ0) is 22.3. The van der Waals surface area contributed by atoms with E-state index in [-0.39, 0.29) is 10.8 Å². The molecular weight excluding hydrogens is 386 g/mol. The van der Waals surface area contributed by atoms with Gasteiger partial charge in [0.15, 0.2) is 0 Å². The second-order valence-corrected chi connectivity index (χ2v) is 10.3. The molecule has 0 saturated carbocycles. The summed E-state index contributed by atoms with van der Waals surface area (Å²) in [6.45, 7) is 11.5. The molecule has 2 aliphatic carbocycles. The van der Waals surface area contributed by atoms with E-state index in [1.807, 2.05) is 6.20 Å². The Kier molecular flexibility index (Phi) is 3.91. The van der Waals surface area contributed by atoms with Crippen LogP contribution >= 0.6 is 0 Å². The first-order chi connectivity index (χ1) is 15.4. The number of hydrogen-bond acceptors (Lipinski definition) is 1. The van der Waals surface area contributed by atoms with Gasteiger partial charge in [-0.2, -0.15) is 0 Å². The summed E-state index contributed by atoms with van der Waals surface area (Å²) in [5, 5.41) is 2.62. The van der Waals surface area contributed by atoms with Crippen LogP contribution in [0.2, 0.25) is 0 Å². The van der Waals surface area contributed by atoms with Crippen molar-refractivity contribution in [2.75, 3.05) is 0 Å². The van der Waals surface area contributed by atoms with Gasteiger partial charge in [-0.05, 0) is 74.7 Å². The van der Waals surface area contributed by atoms with Gasteiger partial charge in [0.05, 0.1) is 11.1 Å². The summed E-state index contributed by atoms with van der Waals surface area (Å²) in [5.41, 5.74) is 12.1. The smallest absolute Gasteiger partial charge is 0.0740 e. The van der Waals surface area contributed by atoms with Gasteiger partial charge in [-0.15, -0.1) is 0 Å². The van der Waals surface area contributed by atoms with E-state index in [0.29, 0.717) is 0 Å². The van der Waals surface area contributed by atoms with Gasteiger partial charge >= 0.3 is 0 Å². The molecule has 4 aromatic rings. The Morgan fingerprint density at radius 3 is 2.03 bits per heavy atom. The van der Waals surface area contributed by atoms with Crippen molar-refractivity contribution in [3.8, 4) is 11.1 Å². The lowest BCUT2D eigenvalue weighted by Gasteiger charge is -2.41. The van der Waals surface area contributed by atoms with Gasteiger partial charge in [-0.3, -0.25) is 4.98 Å². The first-order valence-corrected chi connectivity index (χ1v) is 11.7. The molecule has 0 fully saturated rings. The number of pyridine rings is 1. The number of fused-ring (bicyclic) bond motifs is 6. The number of aromatic nitrogens is 1. The van der Waals surface area contributed by atoms with E-state index in [1.54, 1.807) is 0 Å². The average molecular weight is 416 g/mol. The van der Waals surface area contributed by atoms with Crippen LogP contribution in [0.15, 0.2) is 78.5 Å². The average Bonchev–Trinajstić information content (AvgIpc) is 3.08. The molecule has 3 aromatic carbocycles. The number of benzene rings is 3. The highest BCUT2D eigenvalue weighted by atomic mass is 14.7. The predicted octanol–water partition coefficient (Wildman–Crippen LogP) is 8.04. The van der Waals surface area contributed by atoms with Crippen LogP contribution in [0, 0.1) is 0 Å². The topological polar surface area (TPSA) is 12.9 Å².